The van der Waals surface area contributed by atoms with Crippen LogP contribution in [0, 0.1) is 0 Å². The van der Waals surface area contributed by atoms with Gasteiger partial charge in [0.15, 0.2) is 0 Å². The molecule has 0 unspecified atom stereocenters. The van der Waals surface area contributed by atoms with E-state index in [9.17, 15) is 4.79 Å². The molecule has 1 aromatic rings. The van der Waals surface area contributed by atoms with Crippen molar-refractivity contribution in [2.75, 3.05) is 13.1 Å². The molecular formula is C16H26ClN3O. The maximum absolute atomic E-state index is 13.3. The Morgan fingerprint density at radius 3 is 2.48 bits per heavy atom. The third kappa shape index (κ3) is 2.88. The normalized spacial score (nSPS) is 17.6. The van der Waals surface area contributed by atoms with E-state index in [1.165, 1.54) is 0 Å². The number of carbonyl (C=O) groups is 1. The monoisotopic (exact) mass is 311 g/mol. The van der Waals surface area contributed by atoms with E-state index in [1.54, 1.807) is 10.9 Å². The van der Waals surface area contributed by atoms with Crippen LogP contribution in [0.15, 0.2) is 6.20 Å². The van der Waals surface area contributed by atoms with Gasteiger partial charge in [-0.25, -0.2) is 0 Å². The number of nitrogens with zero attached hydrogens (tertiary/aromatic N) is 3. The van der Waals surface area contributed by atoms with Gasteiger partial charge < -0.3 is 0 Å². The molecule has 0 N–H and O–H groups in total. The summed E-state index contributed by atoms with van der Waals surface area (Å²) in [5.74, 6) is 0.166. The van der Waals surface area contributed by atoms with Crippen LogP contribution in [0.1, 0.15) is 63.4 Å². The number of carbonyl (C=O) groups excluding carboxylic acids is 1. The van der Waals surface area contributed by atoms with E-state index in [4.69, 9.17) is 11.6 Å². The van der Waals surface area contributed by atoms with Crippen LogP contribution in [0.2, 0.25) is 5.02 Å². The summed E-state index contributed by atoms with van der Waals surface area (Å²) in [7, 11) is 0. The lowest BCUT2D eigenvalue weighted by Gasteiger charge is -2.39. The number of aryl methyl sites for hydroxylation is 1. The molecule has 0 aliphatic heterocycles. The summed E-state index contributed by atoms with van der Waals surface area (Å²) < 4.78 is 1.79. The minimum absolute atomic E-state index is 0.166. The highest BCUT2D eigenvalue weighted by atomic mass is 35.5. The molecule has 21 heavy (non-hydrogen) atoms. The Bertz CT molecular complexity index is 488. The summed E-state index contributed by atoms with van der Waals surface area (Å²) in [4.78, 5) is 15.6. The number of Topliss-reactive ketones (excluding diaryl/α,β-unsaturated/α-hetero) is 1. The van der Waals surface area contributed by atoms with Crippen molar-refractivity contribution < 1.29 is 4.79 Å². The second-order valence-electron chi connectivity index (χ2n) is 5.80. The maximum Gasteiger partial charge on any atom is 0.202 e. The molecular weight excluding hydrogens is 286 g/mol. The standard InChI is InChI=1S/C16H26ClN3O/c1-4-11-20-14(13(17)12-18-20)15(21)16(9-7-8-10-16)19(5-2)6-3/h12H,4-11H2,1-3H3. The summed E-state index contributed by atoms with van der Waals surface area (Å²) in [5.41, 5.74) is 0.228. The predicted molar refractivity (Wildman–Crippen MR) is 86.0 cm³/mol. The van der Waals surface area contributed by atoms with Gasteiger partial charge in [-0.2, -0.15) is 5.10 Å². The molecule has 1 aliphatic carbocycles. The molecule has 0 atom stereocenters. The lowest BCUT2D eigenvalue weighted by atomic mass is 9.87. The summed E-state index contributed by atoms with van der Waals surface area (Å²) >= 11 is 6.28. The number of ketones is 1. The highest BCUT2D eigenvalue weighted by Crippen LogP contribution is 2.39. The third-order valence-electron chi connectivity index (χ3n) is 4.67. The van der Waals surface area contributed by atoms with Crippen LogP contribution < -0.4 is 0 Å². The van der Waals surface area contributed by atoms with Crippen molar-refractivity contribution in [2.45, 2.75) is 65.0 Å². The van der Waals surface area contributed by atoms with Gasteiger partial charge in [0, 0.05) is 6.54 Å². The van der Waals surface area contributed by atoms with Crippen molar-refractivity contribution in [1.29, 1.82) is 0 Å². The Hall–Kier alpha value is -0.870. The molecule has 0 aromatic carbocycles. The molecule has 0 saturated heterocycles. The van der Waals surface area contributed by atoms with E-state index in [1.807, 2.05) is 0 Å². The number of halogens is 1. The van der Waals surface area contributed by atoms with Crippen LogP contribution in [0.5, 0.6) is 0 Å². The molecule has 2 rings (SSSR count). The maximum atomic E-state index is 13.3. The van der Waals surface area contributed by atoms with Crippen molar-refractivity contribution >= 4 is 17.4 Å². The van der Waals surface area contributed by atoms with E-state index >= 15 is 0 Å². The SMILES string of the molecule is CCCn1ncc(Cl)c1C(=O)C1(N(CC)CC)CCCC1. The third-order valence-corrected chi connectivity index (χ3v) is 4.94. The molecule has 0 bridgehead atoms. The van der Waals surface area contributed by atoms with Gasteiger partial charge in [0.2, 0.25) is 5.78 Å². The minimum atomic E-state index is -0.376. The average Bonchev–Trinajstić information content (AvgIpc) is 3.09. The Kier molecular flexibility index (Phi) is 5.44. The van der Waals surface area contributed by atoms with E-state index in [0.29, 0.717) is 10.7 Å². The van der Waals surface area contributed by atoms with E-state index in [2.05, 4.69) is 30.8 Å². The Morgan fingerprint density at radius 2 is 1.95 bits per heavy atom. The number of rotatable bonds is 7. The molecule has 1 fully saturated rings. The van der Waals surface area contributed by atoms with E-state index < -0.39 is 0 Å². The van der Waals surface area contributed by atoms with Crippen LogP contribution in [0.25, 0.3) is 0 Å². The number of aromatic nitrogens is 2. The summed E-state index contributed by atoms with van der Waals surface area (Å²) in [6.07, 6.45) is 6.64. The van der Waals surface area contributed by atoms with Crippen LogP contribution in [0.3, 0.4) is 0 Å². The molecule has 1 heterocycles. The molecule has 4 nitrogen and oxygen atoms in total. The van der Waals surface area contributed by atoms with Gasteiger partial charge in [-0.3, -0.25) is 14.4 Å². The first-order valence-electron chi connectivity index (χ1n) is 8.11. The molecule has 5 heteroatoms. The van der Waals surface area contributed by atoms with E-state index in [-0.39, 0.29) is 11.3 Å². The lowest BCUT2D eigenvalue weighted by Crippen LogP contribution is -2.53. The summed E-state index contributed by atoms with van der Waals surface area (Å²) in [5, 5.41) is 4.78. The van der Waals surface area contributed by atoms with E-state index in [0.717, 1.165) is 51.7 Å². The van der Waals surface area contributed by atoms with Gasteiger partial charge in [-0.05, 0) is 32.4 Å². The molecule has 1 saturated carbocycles. The first-order chi connectivity index (χ1) is 10.1. The Labute approximate surface area is 132 Å². The van der Waals surface area contributed by atoms with Gasteiger partial charge in [0.05, 0.1) is 16.8 Å². The first kappa shape index (κ1) is 16.5. The van der Waals surface area contributed by atoms with Crippen molar-refractivity contribution in [3.63, 3.8) is 0 Å². The average molecular weight is 312 g/mol. The van der Waals surface area contributed by atoms with Gasteiger partial charge in [0.25, 0.3) is 0 Å². The number of hydrogen-bond donors (Lipinski definition) is 0. The van der Waals surface area contributed by atoms with Crippen molar-refractivity contribution in [3.05, 3.63) is 16.9 Å². The fraction of sp³-hybridized carbons (Fsp3) is 0.750. The zero-order valence-electron chi connectivity index (χ0n) is 13.4. The first-order valence-corrected chi connectivity index (χ1v) is 8.49. The van der Waals surface area contributed by atoms with Crippen LogP contribution in [-0.2, 0) is 6.54 Å². The zero-order chi connectivity index (χ0) is 15.5. The van der Waals surface area contributed by atoms with Gasteiger partial charge >= 0.3 is 0 Å². The molecule has 118 valence electrons. The van der Waals surface area contributed by atoms with Gasteiger partial charge in [-0.1, -0.05) is 45.2 Å². The van der Waals surface area contributed by atoms with Crippen LogP contribution in [0.4, 0.5) is 0 Å². The van der Waals surface area contributed by atoms with Gasteiger partial charge in [-0.15, -0.1) is 0 Å². The highest BCUT2D eigenvalue weighted by Gasteiger charge is 2.46. The molecule has 0 spiro atoms. The van der Waals surface area contributed by atoms with Gasteiger partial charge in [0.1, 0.15) is 5.69 Å². The topological polar surface area (TPSA) is 38.1 Å². The highest BCUT2D eigenvalue weighted by molar-refractivity contribution is 6.34. The predicted octanol–water partition coefficient (Wildman–Crippen LogP) is 3.78. The summed E-state index contributed by atoms with van der Waals surface area (Å²) in [6, 6.07) is 0. The largest absolute Gasteiger partial charge is 0.291 e. The lowest BCUT2D eigenvalue weighted by molar-refractivity contribution is 0.0572. The van der Waals surface area contributed by atoms with Crippen molar-refractivity contribution in [3.8, 4) is 0 Å². The second kappa shape index (κ2) is 6.93. The Balaban J connectivity index is 2.42. The van der Waals surface area contributed by atoms with Crippen LogP contribution >= 0.6 is 11.6 Å². The summed E-state index contributed by atoms with van der Waals surface area (Å²) in [6.45, 7) is 8.86. The quantitative estimate of drug-likeness (QED) is 0.719. The fourth-order valence-electron chi connectivity index (χ4n) is 3.67. The Morgan fingerprint density at radius 1 is 1.33 bits per heavy atom. The van der Waals surface area contributed by atoms with Crippen molar-refractivity contribution in [2.24, 2.45) is 0 Å². The smallest absolute Gasteiger partial charge is 0.202 e. The molecule has 0 amide bonds. The molecule has 1 aliphatic rings. The van der Waals surface area contributed by atoms with Crippen molar-refractivity contribution in [1.82, 2.24) is 14.7 Å². The zero-order valence-corrected chi connectivity index (χ0v) is 14.1. The second-order valence-corrected chi connectivity index (χ2v) is 6.21. The molecule has 0 radical (unpaired) electrons. The minimum Gasteiger partial charge on any atom is -0.291 e. The number of likely N-dealkylation sites (N-methyl/N-ethyl adjacent to an activating group) is 1. The molecule has 1 aromatic heterocycles. The number of hydrogen-bond acceptors (Lipinski definition) is 3. The fourth-order valence-corrected chi connectivity index (χ4v) is 3.89. The van der Waals surface area contributed by atoms with Crippen LogP contribution in [-0.4, -0.2) is 39.1 Å².